The Morgan fingerprint density at radius 1 is 0.444 bits per heavy atom. The highest BCUT2D eigenvalue weighted by Gasteiger charge is 2.46. The topological polar surface area (TPSA) is 40.1 Å². The molecule has 2 aromatic heterocycles. The van der Waals surface area contributed by atoms with E-state index in [2.05, 4.69) is 224 Å². The van der Waals surface area contributed by atoms with Crippen molar-refractivity contribution in [2.24, 2.45) is 0 Å². The first-order chi connectivity index (χ1) is 30.5. The second-order valence-electron chi connectivity index (χ2n) is 19.8. The molecule has 0 aliphatic carbocycles. The molecule has 0 saturated carbocycles. The van der Waals surface area contributed by atoms with Crippen LogP contribution in [0.3, 0.4) is 0 Å². The van der Waals surface area contributed by atoms with Crippen LogP contribution >= 0.6 is 0 Å². The van der Waals surface area contributed by atoms with E-state index in [1.54, 1.807) is 0 Å². The van der Waals surface area contributed by atoms with Crippen molar-refractivity contribution in [2.45, 2.75) is 52.4 Å². The number of para-hydroxylation sites is 4. The third kappa shape index (κ3) is 4.83. The fraction of sp³-hybridized carbons (Fsp3) is 0.140. The number of rotatable bonds is 2. The van der Waals surface area contributed by atoms with Gasteiger partial charge in [-0.15, -0.1) is 0 Å². The Balaban J connectivity index is 1.12. The summed E-state index contributed by atoms with van der Waals surface area (Å²) in [5.74, 6) is 0. The molecule has 300 valence electrons. The molecule has 0 bridgehead atoms. The van der Waals surface area contributed by atoms with Gasteiger partial charge in [-0.1, -0.05) is 120 Å². The van der Waals surface area contributed by atoms with Gasteiger partial charge in [-0.05, 0) is 117 Å². The average molecular weight is 810 g/mol. The quantitative estimate of drug-likeness (QED) is 0.163. The van der Waals surface area contributed by atoms with E-state index in [9.17, 15) is 5.26 Å². The second kappa shape index (κ2) is 12.3. The Morgan fingerprint density at radius 3 is 1.76 bits per heavy atom. The highest BCUT2D eigenvalue weighted by molar-refractivity contribution is 7.00. The summed E-state index contributed by atoms with van der Waals surface area (Å²) in [5, 5.41) is 15.8. The summed E-state index contributed by atoms with van der Waals surface area (Å²) in [5.41, 5.74) is 20.6. The minimum Gasteiger partial charge on any atom is -0.311 e. The molecule has 0 amide bonds. The van der Waals surface area contributed by atoms with E-state index in [4.69, 9.17) is 0 Å². The van der Waals surface area contributed by atoms with Gasteiger partial charge in [0.15, 0.2) is 0 Å². The molecule has 5 heterocycles. The normalized spacial score (nSPS) is 13.8. The SMILES string of the molecule is CC(C)(C)c1ccc2c(c1)c1cc(C(C)(C)C)ccc1n2-c1ccc2c(c1)N(c1ccccc1)c1cc(C#N)cc3c1B2c1cccc2c1N3c1cccc3c4ccccc4n-2c13. The maximum atomic E-state index is 10.8. The van der Waals surface area contributed by atoms with Crippen LogP contribution in [0.1, 0.15) is 58.2 Å². The van der Waals surface area contributed by atoms with Gasteiger partial charge in [0.1, 0.15) is 0 Å². The highest BCUT2D eigenvalue weighted by Crippen LogP contribution is 2.52. The number of nitrogens with zero attached hydrogens (tertiary/aromatic N) is 5. The first-order valence-electron chi connectivity index (χ1n) is 22.1. The summed E-state index contributed by atoms with van der Waals surface area (Å²) < 4.78 is 4.93. The second-order valence-corrected chi connectivity index (χ2v) is 19.8. The number of nitriles is 1. The van der Waals surface area contributed by atoms with Gasteiger partial charge in [-0.3, -0.25) is 0 Å². The minimum atomic E-state index is -0.0811. The zero-order chi connectivity index (χ0) is 42.7. The Morgan fingerprint density at radius 2 is 1.06 bits per heavy atom. The fourth-order valence-corrected chi connectivity index (χ4v) is 11.2. The van der Waals surface area contributed by atoms with Gasteiger partial charge in [-0.25, -0.2) is 0 Å². The van der Waals surface area contributed by atoms with E-state index in [1.165, 1.54) is 76.8 Å². The Hall–Kier alpha value is -7.49. The van der Waals surface area contributed by atoms with Crippen LogP contribution in [0.25, 0.3) is 55.0 Å². The van der Waals surface area contributed by atoms with Crippen molar-refractivity contribution in [1.29, 1.82) is 5.26 Å². The van der Waals surface area contributed by atoms with Crippen molar-refractivity contribution in [3.63, 3.8) is 0 Å². The summed E-state index contributed by atoms with van der Waals surface area (Å²) >= 11 is 0. The maximum Gasteiger partial charge on any atom is 0.252 e. The van der Waals surface area contributed by atoms with Gasteiger partial charge in [0, 0.05) is 50.0 Å². The van der Waals surface area contributed by atoms with Crippen molar-refractivity contribution in [1.82, 2.24) is 9.13 Å². The summed E-state index contributed by atoms with van der Waals surface area (Å²) in [7, 11) is 0. The van der Waals surface area contributed by atoms with Crippen LogP contribution in [0.5, 0.6) is 0 Å². The Labute approximate surface area is 367 Å². The minimum absolute atomic E-state index is 0.00944. The van der Waals surface area contributed by atoms with E-state index in [0.29, 0.717) is 5.56 Å². The van der Waals surface area contributed by atoms with Crippen LogP contribution in [-0.4, -0.2) is 15.8 Å². The molecule has 3 aliphatic heterocycles. The monoisotopic (exact) mass is 809 g/mol. The van der Waals surface area contributed by atoms with Crippen LogP contribution in [0.4, 0.5) is 34.1 Å². The first-order valence-corrected chi connectivity index (χ1v) is 22.1. The molecule has 0 atom stereocenters. The molecule has 0 saturated heterocycles. The molecule has 6 heteroatoms. The summed E-state index contributed by atoms with van der Waals surface area (Å²) in [6.07, 6.45) is 0. The third-order valence-electron chi connectivity index (χ3n) is 14.1. The van der Waals surface area contributed by atoms with Crippen LogP contribution in [-0.2, 0) is 10.8 Å². The average Bonchev–Trinajstić information content (AvgIpc) is 3.81. The molecule has 0 fully saturated rings. The number of benzene rings is 8. The highest BCUT2D eigenvalue weighted by atomic mass is 15.2. The number of hydrogen-bond donors (Lipinski definition) is 0. The van der Waals surface area contributed by atoms with Crippen molar-refractivity contribution >= 4 is 101 Å². The largest absolute Gasteiger partial charge is 0.311 e. The number of hydrogen-bond acceptors (Lipinski definition) is 3. The number of anilines is 6. The molecule has 0 radical (unpaired) electrons. The molecule has 10 aromatic rings. The molecule has 0 unspecified atom stereocenters. The van der Waals surface area contributed by atoms with Gasteiger partial charge >= 0.3 is 0 Å². The van der Waals surface area contributed by atoms with Crippen molar-refractivity contribution in [3.8, 4) is 17.4 Å². The van der Waals surface area contributed by atoms with Crippen LogP contribution < -0.4 is 26.2 Å². The molecule has 0 N–H and O–H groups in total. The zero-order valence-electron chi connectivity index (χ0n) is 36.3. The maximum absolute atomic E-state index is 10.8. The van der Waals surface area contributed by atoms with Crippen molar-refractivity contribution in [2.75, 3.05) is 9.80 Å². The molecular weight excluding hydrogens is 765 g/mol. The molecule has 8 aromatic carbocycles. The standard InChI is InChI=1S/C57H44BN5/c1-56(2,3)35-22-26-46-41(30-35)42-31-36(57(4,5)6)23-27-47(42)61(46)38-24-25-43-50(32-38)60(37-14-8-7-9-15-37)51-28-34(33-59)29-52-53(51)58(43)44-18-13-21-49-55(44)63(52)48-20-12-17-40-39-16-10-11-19-45(39)62(49)54(40)48/h7-32H,1-6H3. The van der Waals surface area contributed by atoms with E-state index in [1.807, 2.05) is 0 Å². The predicted molar refractivity (Wildman–Crippen MR) is 265 cm³/mol. The van der Waals surface area contributed by atoms with Gasteiger partial charge in [0.2, 0.25) is 0 Å². The summed E-state index contributed by atoms with van der Waals surface area (Å²) in [6, 6.07) is 61.1. The lowest BCUT2D eigenvalue weighted by Crippen LogP contribution is -2.61. The summed E-state index contributed by atoms with van der Waals surface area (Å²) in [6.45, 7) is 13.7. The molecular formula is C57H44BN5. The van der Waals surface area contributed by atoms with Gasteiger partial charge in [0.05, 0.1) is 50.8 Å². The van der Waals surface area contributed by atoms with Gasteiger partial charge < -0.3 is 18.9 Å². The van der Waals surface area contributed by atoms with Crippen LogP contribution in [0, 0.1) is 11.3 Å². The van der Waals surface area contributed by atoms with E-state index >= 15 is 0 Å². The predicted octanol–water partition coefficient (Wildman–Crippen LogP) is 12.7. The van der Waals surface area contributed by atoms with Crippen LogP contribution in [0.2, 0.25) is 0 Å². The van der Waals surface area contributed by atoms with E-state index in [0.717, 1.165) is 39.8 Å². The first kappa shape index (κ1) is 36.2. The van der Waals surface area contributed by atoms with Gasteiger partial charge in [-0.2, -0.15) is 5.26 Å². The molecule has 13 rings (SSSR count). The fourth-order valence-electron chi connectivity index (χ4n) is 11.2. The Kier molecular flexibility index (Phi) is 7.09. The smallest absolute Gasteiger partial charge is 0.252 e. The Bertz CT molecular complexity index is 3610. The molecule has 5 nitrogen and oxygen atoms in total. The summed E-state index contributed by atoms with van der Waals surface area (Å²) in [4.78, 5) is 4.87. The van der Waals surface area contributed by atoms with Crippen molar-refractivity contribution < 1.29 is 0 Å². The molecule has 63 heavy (non-hydrogen) atoms. The molecule has 3 aliphatic rings. The lowest BCUT2D eigenvalue weighted by atomic mass is 9.33. The lowest BCUT2D eigenvalue weighted by Gasteiger charge is -2.46. The lowest BCUT2D eigenvalue weighted by molar-refractivity contribution is 0.590. The van der Waals surface area contributed by atoms with E-state index < -0.39 is 0 Å². The van der Waals surface area contributed by atoms with Crippen LogP contribution in [0.15, 0.2) is 158 Å². The van der Waals surface area contributed by atoms with Crippen molar-refractivity contribution in [3.05, 3.63) is 174 Å². The third-order valence-corrected chi connectivity index (χ3v) is 14.1. The van der Waals surface area contributed by atoms with Gasteiger partial charge in [0.25, 0.3) is 6.71 Å². The molecule has 0 spiro atoms. The number of fused-ring (bicyclic) bond motifs is 12. The van der Waals surface area contributed by atoms with E-state index in [-0.39, 0.29) is 17.5 Å². The number of aromatic nitrogens is 2. The zero-order valence-corrected chi connectivity index (χ0v) is 36.3.